The Morgan fingerprint density at radius 3 is 2.74 bits per heavy atom. The van der Waals surface area contributed by atoms with Crippen molar-refractivity contribution in [3.8, 4) is 5.75 Å². The molecule has 2 aromatic rings. The summed E-state index contributed by atoms with van der Waals surface area (Å²) < 4.78 is 11.0. The number of carbonyl (C=O) groups excluding carboxylic acids is 1. The van der Waals surface area contributed by atoms with Gasteiger partial charge >= 0.3 is 0 Å². The highest BCUT2D eigenvalue weighted by Crippen LogP contribution is 2.20. The van der Waals surface area contributed by atoms with Crippen LogP contribution in [-0.4, -0.2) is 42.0 Å². The molecule has 0 saturated carbocycles. The molecule has 0 unspecified atom stereocenters. The summed E-state index contributed by atoms with van der Waals surface area (Å²) >= 11 is 0. The van der Waals surface area contributed by atoms with Crippen molar-refractivity contribution in [2.24, 2.45) is 0 Å². The second kappa shape index (κ2) is 8.64. The Hall–Kier alpha value is -2.93. The molecule has 27 heavy (non-hydrogen) atoms. The first-order valence-corrected chi connectivity index (χ1v) is 8.85. The molecule has 1 saturated heterocycles. The van der Waals surface area contributed by atoms with Crippen molar-refractivity contribution in [1.82, 2.24) is 4.90 Å². The van der Waals surface area contributed by atoms with E-state index in [1.165, 1.54) is 12.1 Å². The maximum absolute atomic E-state index is 12.7. The van der Waals surface area contributed by atoms with Crippen LogP contribution in [0.4, 0.5) is 5.69 Å². The summed E-state index contributed by atoms with van der Waals surface area (Å²) in [6, 6.07) is 13.5. The van der Waals surface area contributed by atoms with Crippen molar-refractivity contribution in [3.05, 3.63) is 69.8 Å². The molecule has 0 aliphatic carbocycles. The highest BCUT2D eigenvalue weighted by Gasteiger charge is 2.25. The molecule has 1 heterocycles. The maximum Gasteiger partial charge on any atom is 0.269 e. The van der Waals surface area contributed by atoms with Gasteiger partial charge in [0.2, 0.25) is 0 Å². The highest BCUT2D eigenvalue weighted by atomic mass is 16.6. The van der Waals surface area contributed by atoms with Gasteiger partial charge in [0.25, 0.3) is 11.6 Å². The first-order chi connectivity index (χ1) is 13.1. The van der Waals surface area contributed by atoms with E-state index in [1.54, 1.807) is 48.4 Å². The lowest BCUT2D eigenvalue weighted by Crippen LogP contribution is -2.43. The van der Waals surface area contributed by atoms with Gasteiger partial charge in [0.05, 0.1) is 24.7 Å². The van der Waals surface area contributed by atoms with Crippen molar-refractivity contribution in [2.45, 2.75) is 25.6 Å². The van der Waals surface area contributed by atoms with Crippen molar-refractivity contribution in [3.63, 3.8) is 0 Å². The predicted molar refractivity (Wildman–Crippen MR) is 99.8 cm³/mol. The highest BCUT2D eigenvalue weighted by molar-refractivity contribution is 5.94. The minimum Gasteiger partial charge on any atom is -0.497 e. The van der Waals surface area contributed by atoms with E-state index in [4.69, 9.17) is 9.47 Å². The van der Waals surface area contributed by atoms with Crippen LogP contribution in [0.15, 0.2) is 48.5 Å². The zero-order valence-electron chi connectivity index (χ0n) is 15.2. The molecular weight excluding hydrogens is 348 g/mol. The fraction of sp³-hybridized carbons (Fsp3) is 0.350. The van der Waals surface area contributed by atoms with Gasteiger partial charge in [0, 0.05) is 30.8 Å². The van der Waals surface area contributed by atoms with Crippen LogP contribution >= 0.6 is 0 Å². The van der Waals surface area contributed by atoms with Crippen molar-refractivity contribution < 1.29 is 19.2 Å². The van der Waals surface area contributed by atoms with Crippen LogP contribution in [0.5, 0.6) is 5.75 Å². The largest absolute Gasteiger partial charge is 0.497 e. The monoisotopic (exact) mass is 370 g/mol. The molecule has 1 fully saturated rings. The Morgan fingerprint density at radius 2 is 2.04 bits per heavy atom. The first kappa shape index (κ1) is 18.8. The summed E-state index contributed by atoms with van der Waals surface area (Å²) in [6.07, 6.45) is 1.64. The maximum atomic E-state index is 12.7. The zero-order valence-corrected chi connectivity index (χ0v) is 15.2. The molecule has 7 nitrogen and oxygen atoms in total. The smallest absolute Gasteiger partial charge is 0.269 e. The van der Waals surface area contributed by atoms with Gasteiger partial charge < -0.3 is 14.4 Å². The number of likely N-dealkylation sites (tertiary alicyclic amines) is 1. The van der Waals surface area contributed by atoms with Gasteiger partial charge in [-0.3, -0.25) is 14.9 Å². The quantitative estimate of drug-likeness (QED) is 0.575. The summed E-state index contributed by atoms with van der Waals surface area (Å²) in [5.74, 6) is 0.685. The standard InChI is InChI=1S/C20H22N2O5/c1-26-18-9-7-16(8-10-18)20(23)21-11-3-6-19(13-21)27-14-15-4-2-5-17(12-15)22(24)25/h2,4-5,7-10,12,19H,3,6,11,13-14H2,1H3/t19-/m0/s1. The van der Waals surface area contributed by atoms with Gasteiger partial charge in [-0.25, -0.2) is 0 Å². The van der Waals surface area contributed by atoms with Crippen LogP contribution in [0.25, 0.3) is 0 Å². The normalized spacial score (nSPS) is 16.8. The van der Waals surface area contributed by atoms with E-state index in [9.17, 15) is 14.9 Å². The molecule has 1 atom stereocenters. The average Bonchev–Trinajstić information content (AvgIpc) is 2.72. The number of hydrogen-bond donors (Lipinski definition) is 0. The molecule has 0 bridgehead atoms. The number of ether oxygens (including phenoxy) is 2. The molecule has 1 amide bonds. The Kier molecular flexibility index (Phi) is 6.03. The summed E-state index contributed by atoms with van der Waals surface area (Å²) in [5.41, 5.74) is 1.42. The fourth-order valence-electron chi connectivity index (χ4n) is 3.15. The molecule has 0 spiro atoms. The van der Waals surface area contributed by atoms with E-state index in [2.05, 4.69) is 0 Å². The molecule has 1 aliphatic rings. The number of carbonyl (C=O) groups is 1. The molecule has 1 aliphatic heterocycles. The molecule has 0 radical (unpaired) electrons. The van der Waals surface area contributed by atoms with Gasteiger partial charge in [-0.15, -0.1) is 0 Å². The Balaban J connectivity index is 1.58. The minimum absolute atomic E-state index is 0.0266. The predicted octanol–water partition coefficient (Wildman–Crippen LogP) is 3.42. The Bertz CT molecular complexity index is 806. The molecule has 0 N–H and O–H groups in total. The SMILES string of the molecule is COc1ccc(C(=O)N2CCC[C@H](OCc3cccc([N+](=O)[O-])c3)C2)cc1. The van der Waals surface area contributed by atoms with Gasteiger partial charge in [0.1, 0.15) is 5.75 Å². The number of non-ortho nitro benzene ring substituents is 1. The molecule has 3 rings (SSSR count). The van der Waals surface area contributed by atoms with Crippen LogP contribution in [-0.2, 0) is 11.3 Å². The van der Waals surface area contributed by atoms with Crippen LogP contribution in [0.1, 0.15) is 28.8 Å². The van der Waals surface area contributed by atoms with E-state index >= 15 is 0 Å². The van der Waals surface area contributed by atoms with Crippen molar-refractivity contribution in [2.75, 3.05) is 20.2 Å². The summed E-state index contributed by atoms with van der Waals surface area (Å²) in [4.78, 5) is 24.9. The number of nitrogens with zero attached hydrogens (tertiary/aromatic N) is 2. The number of nitro groups is 1. The zero-order chi connectivity index (χ0) is 19.2. The van der Waals surface area contributed by atoms with Gasteiger partial charge in [0.15, 0.2) is 0 Å². The molecular formula is C20H22N2O5. The fourth-order valence-corrected chi connectivity index (χ4v) is 3.15. The third kappa shape index (κ3) is 4.83. The van der Waals surface area contributed by atoms with Crippen LogP contribution in [0, 0.1) is 10.1 Å². The van der Waals surface area contributed by atoms with E-state index in [1.807, 2.05) is 0 Å². The number of hydrogen-bond acceptors (Lipinski definition) is 5. The number of benzene rings is 2. The summed E-state index contributed by atoms with van der Waals surface area (Å²) in [7, 11) is 1.59. The second-order valence-electron chi connectivity index (χ2n) is 6.48. The Morgan fingerprint density at radius 1 is 1.26 bits per heavy atom. The Labute approximate surface area is 157 Å². The van der Waals surface area contributed by atoms with Crippen LogP contribution < -0.4 is 4.74 Å². The van der Waals surface area contributed by atoms with E-state index in [0.717, 1.165) is 18.4 Å². The number of piperidine rings is 1. The minimum atomic E-state index is -0.417. The lowest BCUT2D eigenvalue weighted by atomic mass is 10.1. The molecule has 7 heteroatoms. The van der Waals surface area contributed by atoms with E-state index in [-0.39, 0.29) is 24.3 Å². The number of amides is 1. The second-order valence-corrected chi connectivity index (χ2v) is 6.48. The van der Waals surface area contributed by atoms with Crippen LogP contribution in [0.3, 0.4) is 0 Å². The first-order valence-electron chi connectivity index (χ1n) is 8.85. The lowest BCUT2D eigenvalue weighted by molar-refractivity contribution is -0.385. The molecule has 142 valence electrons. The van der Waals surface area contributed by atoms with Gasteiger partial charge in [-0.1, -0.05) is 12.1 Å². The summed E-state index contributed by atoms with van der Waals surface area (Å²) in [5, 5.41) is 10.9. The van der Waals surface area contributed by atoms with Gasteiger partial charge in [-0.2, -0.15) is 0 Å². The number of nitro benzene ring substituents is 1. The number of methoxy groups -OCH3 is 1. The lowest BCUT2D eigenvalue weighted by Gasteiger charge is -2.32. The van der Waals surface area contributed by atoms with Crippen molar-refractivity contribution in [1.29, 1.82) is 0 Å². The number of rotatable bonds is 6. The summed E-state index contributed by atoms with van der Waals surface area (Å²) in [6.45, 7) is 1.50. The molecule has 2 aromatic carbocycles. The third-order valence-electron chi connectivity index (χ3n) is 4.61. The van der Waals surface area contributed by atoms with Crippen LogP contribution in [0.2, 0.25) is 0 Å². The molecule has 0 aromatic heterocycles. The van der Waals surface area contributed by atoms with E-state index < -0.39 is 4.92 Å². The topological polar surface area (TPSA) is 81.9 Å². The van der Waals surface area contributed by atoms with Gasteiger partial charge in [-0.05, 0) is 42.7 Å². The van der Waals surface area contributed by atoms with Crippen molar-refractivity contribution >= 4 is 11.6 Å². The van der Waals surface area contributed by atoms with E-state index in [0.29, 0.717) is 24.4 Å². The third-order valence-corrected chi connectivity index (χ3v) is 4.61. The average molecular weight is 370 g/mol.